The topological polar surface area (TPSA) is 405 Å². The van der Waals surface area contributed by atoms with Crippen molar-refractivity contribution in [2.45, 2.75) is 115 Å². The zero-order valence-corrected chi connectivity index (χ0v) is 41.2. The van der Waals surface area contributed by atoms with Gasteiger partial charge in [0, 0.05) is 19.5 Å². The molecule has 2 aromatic rings. The van der Waals surface area contributed by atoms with Crippen molar-refractivity contribution in [3.05, 3.63) is 65.7 Å². The summed E-state index contributed by atoms with van der Waals surface area (Å²) in [7, 11) is 1.19. The van der Waals surface area contributed by atoms with E-state index in [9.17, 15) is 43.5 Å². The molecule has 7 atom stereocenters. The van der Waals surface area contributed by atoms with Crippen LogP contribution in [0.5, 0.6) is 5.75 Å². The van der Waals surface area contributed by atoms with Crippen LogP contribution in [0.4, 0.5) is 0 Å². The number of carbonyl (C=O) groups is 8. The van der Waals surface area contributed by atoms with Crippen molar-refractivity contribution in [2.24, 2.45) is 50.5 Å². The van der Waals surface area contributed by atoms with E-state index in [4.69, 9.17) is 33.4 Å². The number of hydrogen-bond acceptors (Lipinski definition) is 13. The molecular weight excluding hydrogens is 921 g/mol. The molecule has 0 fully saturated rings. The zero-order chi connectivity index (χ0) is 53.0. The number of benzene rings is 2. The predicted molar refractivity (Wildman–Crippen MR) is 266 cm³/mol. The summed E-state index contributed by atoms with van der Waals surface area (Å²) >= 11 is 0. The molecule has 0 aliphatic carbocycles. The SMILES string of the molecule is CC[C@H](C)[C@H](NC(=O)[C@H](CCCN=C(N)N)NC(=O)[C@H](CCCN=C(N)N)NC(=O)[C@H](CC(C)C)NC(=O)[C@H](Cc1ccccc1)NC(=O)CNC(=O)CNC(=O)[C@@H](N)Cc1ccc(O)cc1)C(=O)OC. The van der Waals surface area contributed by atoms with Crippen LogP contribution in [0.2, 0.25) is 0 Å². The number of phenolic OH excluding ortho intramolecular Hbond substituents is 1. The molecule has 0 unspecified atom stereocenters. The average Bonchev–Trinajstić information content (AvgIpc) is 3.33. The van der Waals surface area contributed by atoms with Gasteiger partial charge in [0.2, 0.25) is 41.4 Å². The van der Waals surface area contributed by atoms with Crippen LogP contribution < -0.4 is 65.9 Å². The summed E-state index contributed by atoms with van der Waals surface area (Å²) in [5.41, 5.74) is 29.3. The van der Waals surface area contributed by atoms with Crippen LogP contribution in [-0.4, -0.2) is 134 Å². The number of nitrogens with zero attached hydrogens (tertiary/aromatic N) is 2. The standard InChI is InChI=1S/C47H74N14O10/c1-6-28(4)39(45(70)71-5)61-42(67)34(15-11-21-54-47(51)52)58-41(66)33(14-10-20-53-46(49)50)59-43(68)35(22-27(2)3)60-44(69)36(24-29-12-8-7-9-13-29)57-38(64)26-55-37(63)25-56-40(65)32(48)23-30-16-18-31(62)19-17-30/h7-9,12-13,16-19,27-28,32-36,39,62H,6,10-11,14-15,20-26,48H2,1-5H3,(H,55,63)(H,56,65)(H,57,64)(H,58,66)(H,59,68)(H,60,69)(H,61,67)(H4,49,50,53)(H4,51,52,54)/t28-,32-,33-,34-,35-,36-,39-/m0/s1. The molecule has 0 heterocycles. The number of aliphatic imine (C=N–C) groups is 2. The Morgan fingerprint density at radius 3 is 1.62 bits per heavy atom. The number of amides is 7. The van der Waals surface area contributed by atoms with Gasteiger partial charge in [-0.1, -0.05) is 76.6 Å². The summed E-state index contributed by atoms with van der Waals surface area (Å²) in [5.74, 6) is -6.57. The molecule has 24 nitrogen and oxygen atoms in total. The number of carbonyl (C=O) groups excluding carboxylic acids is 8. The van der Waals surface area contributed by atoms with Gasteiger partial charge in [0.05, 0.1) is 26.2 Å². The van der Waals surface area contributed by atoms with Crippen LogP contribution in [0.25, 0.3) is 0 Å². The Labute approximate surface area is 414 Å². The van der Waals surface area contributed by atoms with E-state index < -0.39 is 96.7 Å². The van der Waals surface area contributed by atoms with Crippen LogP contribution in [0.3, 0.4) is 0 Å². The molecule has 0 saturated heterocycles. The lowest BCUT2D eigenvalue weighted by Crippen LogP contribution is -2.59. The monoisotopic (exact) mass is 995 g/mol. The second kappa shape index (κ2) is 31.6. The zero-order valence-electron chi connectivity index (χ0n) is 41.2. The van der Waals surface area contributed by atoms with Crippen molar-refractivity contribution in [3.63, 3.8) is 0 Å². The van der Waals surface area contributed by atoms with Crippen molar-refractivity contribution in [1.29, 1.82) is 0 Å². The predicted octanol–water partition coefficient (Wildman–Crippen LogP) is -2.47. The molecule has 0 aliphatic heterocycles. The number of aromatic hydroxyl groups is 1. The van der Waals surface area contributed by atoms with Crippen LogP contribution >= 0.6 is 0 Å². The third-order valence-electron chi connectivity index (χ3n) is 11.0. The van der Waals surface area contributed by atoms with Crippen LogP contribution in [0.1, 0.15) is 77.3 Å². The largest absolute Gasteiger partial charge is 0.508 e. The Hall–Kier alpha value is -7.50. The maximum absolute atomic E-state index is 14.2. The minimum Gasteiger partial charge on any atom is -0.508 e. The van der Waals surface area contributed by atoms with Crippen molar-refractivity contribution in [1.82, 2.24) is 37.2 Å². The number of nitrogens with one attached hydrogen (secondary N) is 7. The molecule has 0 aliphatic rings. The van der Waals surface area contributed by atoms with Crippen molar-refractivity contribution >= 4 is 59.2 Å². The number of esters is 1. The Morgan fingerprint density at radius 2 is 1.10 bits per heavy atom. The molecular formula is C47H74N14O10. The fourth-order valence-corrected chi connectivity index (χ4v) is 6.94. The van der Waals surface area contributed by atoms with E-state index in [0.717, 1.165) is 0 Å². The van der Waals surface area contributed by atoms with Gasteiger partial charge in [-0.2, -0.15) is 0 Å². The summed E-state index contributed by atoms with van der Waals surface area (Å²) in [6, 6.07) is 7.79. The van der Waals surface area contributed by atoms with Gasteiger partial charge in [-0.25, -0.2) is 4.79 Å². The lowest BCUT2D eigenvalue weighted by molar-refractivity contribution is -0.147. The van der Waals surface area contributed by atoms with Crippen LogP contribution in [0, 0.1) is 11.8 Å². The molecule has 0 bridgehead atoms. The molecule has 2 rings (SSSR count). The number of phenols is 1. The number of nitrogens with two attached hydrogens (primary N) is 5. The first-order chi connectivity index (χ1) is 33.6. The second-order valence-electron chi connectivity index (χ2n) is 17.4. The van der Waals surface area contributed by atoms with Crippen molar-refractivity contribution in [2.75, 3.05) is 33.3 Å². The maximum atomic E-state index is 14.2. The van der Waals surface area contributed by atoms with Gasteiger partial charge in [-0.15, -0.1) is 0 Å². The maximum Gasteiger partial charge on any atom is 0.328 e. The first-order valence-corrected chi connectivity index (χ1v) is 23.4. The fourth-order valence-electron chi connectivity index (χ4n) is 6.94. The third-order valence-corrected chi connectivity index (χ3v) is 11.0. The summed E-state index contributed by atoms with van der Waals surface area (Å²) in [6.07, 6.45) is 1.15. The van der Waals surface area contributed by atoms with Gasteiger partial charge in [0.15, 0.2) is 11.9 Å². The average molecular weight is 995 g/mol. The molecule has 71 heavy (non-hydrogen) atoms. The highest BCUT2D eigenvalue weighted by atomic mass is 16.5. The Balaban J connectivity index is 2.31. The van der Waals surface area contributed by atoms with Crippen molar-refractivity contribution < 1.29 is 48.2 Å². The number of rotatable bonds is 31. The van der Waals surface area contributed by atoms with Crippen molar-refractivity contribution in [3.8, 4) is 5.75 Å². The first-order valence-electron chi connectivity index (χ1n) is 23.4. The van der Waals surface area contributed by atoms with E-state index in [1.165, 1.54) is 19.2 Å². The van der Waals surface area contributed by atoms with E-state index in [1.807, 2.05) is 20.8 Å². The number of hydrogen-bond donors (Lipinski definition) is 13. The second-order valence-corrected chi connectivity index (χ2v) is 17.4. The van der Waals surface area contributed by atoms with E-state index in [0.29, 0.717) is 17.5 Å². The van der Waals surface area contributed by atoms with Crippen LogP contribution in [0.15, 0.2) is 64.6 Å². The van der Waals surface area contributed by atoms with E-state index in [1.54, 1.807) is 49.4 Å². The molecule has 392 valence electrons. The number of methoxy groups -OCH3 is 1. The summed E-state index contributed by atoms with van der Waals surface area (Å²) in [5, 5.41) is 27.8. The molecule has 0 radical (unpaired) electrons. The lowest BCUT2D eigenvalue weighted by Gasteiger charge is -2.28. The molecule has 18 N–H and O–H groups in total. The molecule has 7 amide bonds. The van der Waals surface area contributed by atoms with Gasteiger partial charge in [0.25, 0.3) is 0 Å². The summed E-state index contributed by atoms with van der Waals surface area (Å²) < 4.78 is 4.92. The molecule has 24 heteroatoms. The van der Waals surface area contributed by atoms with Crippen LogP contribution in [-0.2, 0) is 55.9 Å². The van der Waals surface area contributed by atoms with E-state index in [2.05, 4.69) is 47.2 Å². The van der Waals surface area contributed by atoms with Gasteiger partial charge in [-0.3, -0.25) is 43.5 Å². The fraction of sp³-hybridized carbons (Fsp3) is 0.532. The number of ether oxygens (including phenoxy) is 1. The van der Waals surface area contributed by atoms with Gasteiger partial charge >= 0.3 is 5.97 Å². The Morgan fingerprint density at radius 1 is 0.606 bits per heavy atom. The van der Waals surface area contributed by atoms with Gasteiger partial charge in [-0.05, 0) is 73.6 Å². The Kier molecular flexibility index (Phi) is 26.5. The van der Waals surface area contributed by atoms with E-state index >= 15 is 0 Å². The number of guanidine groups is 2. The molecule has 0 aromatic heterocycles. The third kappa shape index (κ3) is 23.6. The molecule has 0 saturated carbocycles. The molecule has 2 aromatic carbocycles. The highest BCUT2D eigenvalue weighted by molar-refractivity contribution is 5.97. The summed E-state index contributed by atoms with van der Waals surface area (Å²) in [4.78, 5) is 115. The smallest absolute Gasteiger partial charge is 0.328 e. The Bertz CT molecular complexity index is 2120. The lowest BCUT2D eigenvalue weighted by atomic mass is 9.98. The highest BCUT2D eigenvalue weighted by Gasteiger charge is 2.34. The van der Waals surface area contributed by atoms with Gasteiger partial charge in [0.1, 0.15) is 36.0 Å². The summed E-state index contributed by atoms with van der Waals surface area (Å²) in [6.45, 7) is 6.35. The minimum absolute atomic E-state index is 0.0202. The normalized spacial score (nSPS) is 13.8. The highest BCUT2D eigenvalue weighted by Crippen LogP contribution is 2.14. The first kappa shape index (κ1) is 59.6. The quantitative estimate of drug-likeness (QED) is 0.0161. The van der Waals surface area contributed by atoms with Gasteiger partial charge < -0.3 is 75.7 Å². The minimum atomic E-state index is -1.30. The molecule has 0 spiro atoms. The van der Waals surface area contributed by atoms with E-state index in [-0.39, 0.29) is 87.5 Å².